The average molecular weight is 327 g/mol. The van der Waals surface area contributed by atoms with Gasteiger partial charge in [0.1, 0.15) is 17.2 Å². The molecule has 3 heterocycles. The molecule has 1 atom stereocenters. The molecule has 1 aliphatic heterocycles. The molecule has 1 amide bonds. The molecule has 0 radical (unpaired) electrons. The molecule has 0 aromatic carbocycles. The number of carbonyl (C=O) groups is 1. The zero-order chi connectivity index (χ0) is 17.2. The van der Waals surface area contributed by atoms with Crippen molar-refractivity contribution in [3.63, 3.8) is 0 Å². The van der Waals surface area contributed by atoms with Crippen molar-refractivity contribution in [3.05, 3.63) is 48.2 Å². The van der Waals surface area contributed by atoms with Gasteiger partial charge in [-0.3, -0.25) is 4.79 Å². The first-order valence-corrected chi connectivity index (χ1v) is 7.89. The van der Waals surface area contributed by atoms with E-state index in [1.807, 2.05) is 23.1 Å². The van der Waals surface area contributed by atoms with Crippen molar-refractivity contribution in [2.75, 3.05) is 31.6 Å². The average Bonchev–Trinajstić information content (AvgIpc) is 2.97. The van der Waals surface area contributed by atoms with Crippen molar-refractivity contribution < 1.29 is 9.90 Å². The number of β-amino-alcohol motifs (C(OH)–C–C–N with tert-alkyl or cyclic N) is 1. The van der Waals surface area contributed by atoms with Gasteiger partial charge in [0.15, 0.2) is 0 Å². The van der Waals surface area contributed by atoms with Crippen molar-refractivity contribution in [3.8, 4) is 0 Å². The molecule has 24 heavy (non-hydrogen) atoms. The van der Waals surface area contributed by atoms with Crippen molar-refractivity contribution in [1.82, 2.24) is 19.9 Å². The molecule has 0 spiro atoms. The van der Waals surface area contributed by atoms with Crippen LogP contribution in [0.2, 0.25) is 0 Å². The Bertz CT molecular complexity index is 707. The third kappa shape index (κ3) is 3.51. The van der Waals surface area contributed by atoms with E-state index in [2.05, 4.69) is 15.0 Å². The van der Waals surface area contributed by atoms with Crippen LogP contribution in [-0.2, 0) is 0 Å². The number of hydrogen-bond acceptors (Lipinski definition) is 6. The lowest BCUT2D eigenvalue weighted by molar-refractivity contribution is 0.0264. The zero-order valence-electron chi connectivity index (χ0n) is 13.9. The molecule has 1 fully saturated rings. The van der Waals surface area contributed by atoms with Gasteiger partial charge >= 0.3 is 0 Å². The summed E-state index contributed by atoms with van der Waals surface area (Å²) >= 11 is 0. The number of aromatic nitrogens is 3. The highest BCUT2D eigenvalue weighted by atomic mass is 16.3. The Labute approximate surface area is 141 Å². The molecule has 2 aromatic heterocycles. The van der Waals surface area contributed by atoms with Gasteiger partial charge in [0, 0.05) is 38.7 Å². The van der Waals surface area contributed by atoms with Crippen molar-refractivity contribution >= 4 is 11.7 Å². The highest BCUT2D eigenvalue weighted by molar-refractivity contribution is 5.93. The summed E-state index contributed by atoms with van der Waals surface area (Å²) in [6.45, 7) is 3.18. The van der Waals surface area contributed by atoms with E-state index in [1.165, 1.54) is 17.3 Å². The second-order valence-corrected chi connectivity index (χ2v) is 6.26. The summed E-state index contributed by atoms with van der Waals surface area (Å²) in [5, 5.41) is 10.8. The van der Waals surface area contributed by atoms with Crippen LogP contribution in [0.5, 0.6) is 0 Å². The van der Waals surface area contributed by atoms with Gasteiger partial charge in [0.05, 0.1) is 12.1 Å². The number of carbonyl (C=O) groups excluding carboxylic acids is 1. The van der Waals surface area contributed by atoms with Gasteiger partial charge in [0.25, 0.3) is 5.91 Å². The van der Waals surface area contributed by atoms with E-state index in [9.17, 15) is 9.90 Å². The number of rotatable bonds is 4. The molecular weight excluding hydrogens is 306 g/mol. The number of anilines is 1. The molecule has 7 nitrogen and oxygen atoms in total. The van der Waals surface area contributed by atoms with Crippen LogP contribution in [0.1, 0.15) is 22.6 Å². The lowest BCUT2D eigenvalue weighted by atomic mass is 10.0. The van der Waals surface area contributed by atoms with E-state index in [1.54, 1.807) is 20.2 Å². The molecule has 7 heteroatoms. The predicted octanol–water partition coefficient (Wildman–Crippen LogP) is 0.893. The van der Waals surface area contributed by atoms with Crippen molar-refractivity contribution in [2.24, 2.45) is 0 Å². The van der Waals surface area contributed by atoms with Gasteiger partial charge in [-0.2, -0.15) is 0 Å². The smallest absolute Gasteiger partial charge is 0.256 e. The highest BCUT2D eigenvalue weighted by Gasteiger charge is 2.38. The number of aryl methyl sites for hydroxylation is 1. The molecule has 0 unspecified atom stereocenters. The summed E-state index contributed by atoms with van der Waals surface area (Å²) in [6, 6.07) is 5.71. The predicted molar refractivity (Wildman–Crippen MR) is 89.7 cm³/mol. The number of nitrogens with zero attached hydrogens (tertiary/aromatic N) is 5. The Hall–Kier alpha value is -2.54. The van der Waals surface area contributed by atoms with E-state index in [-0.39, 0.29) is 12.5 Å². The van der Waals surface area contributed by atoms with Crippen LogP contribution in [0.4, 0.5) is 5.82 Å². The molecule has 0 aliphatic carbocycles. The monoisotopic (exact) mass is 327 g/mol. The van der Waals surface area contributed by atoms with E-state index < -0.39 is 5.60 Å². The first-order chi connectivity index (χ1) is 11.5. The summed E-state index contributed by atoms with van der Waals surface area (Å²) in [5.74, 6) is 1.27. The van der Waals surface area contributed by atoms with E-state index in [0.29, 0.717) is 30.9 Å². The minimum Gasteiger partial charge on any atom is -0.386 e. The quantitative estimate of drug-likeness (QED) is 0.898. The first kappa shape index (κ1) is 16.3. The summed E-state index contributed by atoms with van der Waals surface area (Å²) in [4.78, 5) is 28.4. The van der Waals surface area contributed by atoms with Crippen LogP contribution in [-0.4, -0.2) is 63.1 Å². The molecule has 126 valence electrons. The summed E-state index contributed by atoms with van der Waals surface area (Å²) in [6.07, 6.45) is 5.35. The van der Waals surface area contributed by atoms with Gasteiger partial charge in [-0.05, 0) is 25.5 Å². The normalized spacial score (nSPS) is 20.2. The molecule has 3 rings (SSSR count). The lowest BCUT2D eigenvalue weighted by Crippen LogP contribution is -2.46. The van der Waals surface area contributed by atoms with Crippen LogP contribution in [0.15, 0.2) is 36.8 Å². The standard InChI is InChI=1S/C17H21N5O2/c1-13-19-9-14(10-20-13)16(23)21(2)11-17(24)6-8-22(12-17)15-5-3-4-7-18-15/h3-5,7,9-10,24H,6,8,11-12H2,1-2H3/t17-/m1/s1. The Balaban J connectivity index is 1.64. The van der Waals surface area contributed by atoms with Crippen molar-refractivity contribution in [1.29, 1.82) is 0 Å². The number of amides is 1. The van der Waals surface area contributed by atoms with Crippen LogP contribution >= 0.6 is 0 Å². The van der Waals surface area contributed by atoms with Crippen molar-refractivity contribution in [2.45, 2.75) is 18.9 Å². The van der Waals surface area contributed by atoms with E-state index in [0.717, 1.165) is 5.82 Å². The maximum atomic E-state index is 12.4. The molecular formula is C17H21N5O2. The van der Waals surface area contributed by atoms with Crippen LogP contribution in [0.25, 0.3) is 0 Å². The second kappa shape index (κ2) is 6.52. The second-order valence-electron chi connectivity index (χ2n) is 6.26. The van der Waals surface area contributed by atoms with Gasteiger partial charge in [-0.1, -0.05) is 6.07 Å². The topological polar surface area (TPSA) is 82.5 Å². The number of likely N-dealkylation sites (N-methyl/N-ethyl adjacent to an activating group) is 1. The fraction of sp³-hybridized carbons (Fsp3) is 0.412. The molecule has 1 aliphatic rings. The minimum atomic E-state index is -0.951. The molecule has 1 saturated heterocycles. The largest absolute Gasteiger partial charge is 0.386 e. The van der Waals surface area contributed by atoms with E-state index >= 15 is 0 Å². The summed E-state index contributed by atoms with van der Waals surface area (Å²) in [5.41, 5.74) is -0.528. The van der Waals surface area contributed by atoms with Gasteiger partial charge in [0.2, 0.25) is 0 Å². The fourth-order valence-corrected chi connectivity index (χ4v) is 2.96. The third-order valence-corrected chi connectivity index (χ3v) is 4.21. The van der Waals surface area contributed by atoms with Gasteiger partial charge in [-0.15, -0.1) is 0 Å². The summed E-state index contributed by atoms with van der Waals surface area (Å²) < 4.78 is 0. The zero-order valence-corrected chi connectivity index (χ0v) is 13.9. The maximum absolute atomic E-state index is 12.4. The molecule has 1 N–H and O–H groups in total. The Morgan fingerprint density at radius 1 is 1.33 bits per heavy atom. The Morgan fingerprint density at radius 2 is 2.08 bits per heavy atom. The number of pyridine rings is 1. The van der Waals surface area contributed by atoms with Crippen LogP contribution < -0.4 is 4.90 Å². The Morgan fingerprint density at radius 3 is 2.75 bits per heavy atom. The highest BCUT2D eigenvalue weighted by Crippen LogP contribution is 2.26. The number of hydrogen-bond donors (Lipinski definition) is 1. The third-order valence-electron chi connectivity index (χ3n) is 4.21. The van der Waals surface area contributed by atoms with Crippen LogP contribution in [0.3, 0.4) is 0 Å². The molecule has 0 bridgehead atoms. The SMILES string of the molecule is Cc1ncc(C(=O)N(C)C[C@]2(O)CCN(c3ccccn3)C2)cn1. The van der Waals surface area contributed by atoms with Crippen LogP contribution in [0, 0.1) is 6.92 Å². The maximum Gasteiger partial charge on any atom is 0.256 e. The Kier molecular flexibility index (Phi) is 4.44. The molecule has 0 saturated carbocycles. The van der Waals surface area contributed by atoms with Gasteiger partial charge in [-0.25, -0.2) is 15.0 Å². The molecule has 2 aromatic rings. The minimum absolute atomic E-state index is 0.195. The van der Waals surface area contributed by atoms with E-state index in [4.69, 9.17) is 0 Å². The number of aliphatic hydroxyl groups is 1. The van der Waals surface area contributed by atoms with Gasteiger partial charge < -0.3 is 14.9 Å². The first-order valence-electron chi connectivity index (χ1n) is 7.89. The fourth-order valence-electron chi connectivity index (χ4n) is 2.96. The lowest BCUT2D eigenvalue weighted by Gasteiger charge is -2.29. The summed E-state index contributed by atoms with van der Waals surface area (Å²) in [7, 11) is 1.68.